The molecule has 4 aromatic heterocycles. The van der Waals surface area contributed by atoms with E-state index in [1.54, 1.807) is 10.7 Å². The lowest BCUT2D eigenvalue weighted by Crippen LogP contribution is -2.40. The van der Waals surface area contributed by atoms with Gasteiger partial charge in [0.2, 0.25) is 0 Å². The Bertz CT molecular complexity index is 1310. The van der Waals surface area contributed by atoms with E-state index in [1.165, 1.54) is 6.20 Å². The minimum Gasteiger partial charge on any atom is -0.394 e. The smallest absolute Gasteiger partial charge is 0.255 e. The van der Waals surface area contributed by atoms with Gasteiger partial charge in [-0.05, 0) is 37.6 Å². The van der Waals surface area contributed by atoms with Gasteiger partial charge in [-0.3, -0.25) is 4.79 Å². The molecule has 10 heteroatoms. The Morgan fingerprint density at radius 3 is 2.91 bits per heavy atom. The topological polar surface area (TPSA) is 130 Å². The van der Waals surface area contributed by atoms with Crippen LogP contribution in [0.2, 0.25) is 0 Å². The molecule has 0 atom stereocenters. The fourth-order valence-corrected chi connectivity index (χ4v) is 3.96. The standard InChI is InChI=1S/C22H23N7O3/c1-13-3-2-4-19(25-13)29-20(16-5-7-23-21(16)27-29)14-6-8-28-18(9-14)17(10-24-28)22(32)26-15(11-30)12-31/h2-4,6,8-10,15,30-31H,5,7,11-12H2,1H3,(H,23,27)(H,26,32). The highest BCUT2D eigenvalue weighted by Gasteiger charge is 2.25. The fourth-order valence-electron chi connectivity index (χ4n) is 3.96. The van der Waals surface area contributed by atoms with Gasteiger partial charge < -0.3 is 20.8 Å². The molecule has 5 heterocycles. The molecule has 0 saturated heterocycles. The van der Waals surface area contributed by atoms with Crippen molar-refractivity contribution in [1.29, 1.82) is 0 Å². The van der Waals surface area contributed by atoms with E-state index in [1.807, 2.05) is 41.9 Å². The third-order valence-electron chi connectivity index (χ3n) is 5.56. The summed E-state index contributed by atoms with van der Waals surface area (Å²) in [5, 5.41) is 33.5. The van der Waals surface area contributed by atoms with Crippen LogP contribution in [0.1, 0.15) is 21.6 Å². The number of fused-ring (bicyclic) bond motifs is 2. The third-order valence-corrected chi connectivity index (χ3v) is 5.56. The third kappa shape index (κ3) is 3.39. The molecule has 4 N–H and O–H groups in total. The average Bonchev–Trinajstić information content (AvgIpc) is 3.51. The van der Waals surface area contributed by atoms with Crippen molar-refractivity contribution in [3.8, 4) is 17.1 Å². The summed E-state index contributed by atoms with van der Waals surface area (Å²) in [6.45, 7) is 2.05. The van der Waals surface area contributed by atoms with Crippen LogP contribution in [0.25, 0.3) is 22.6 Å². The van der Waals surface area contributed by atoms with Crippen molar-refractivity contribution in [3.05, 3.63) is 59.5 Å². The normalized spacial score (nSPS) is 12.9. The highest BCUT2D eigenvalue weighted by Crippen LogP contribution is 2.35. The van der Waals surface area contributed by atoms with Crippen molar-refractivity contribution < 1.29 is 15.0 Å². The number of rotatable bonds is 6. The zero-order valence-electron chi connectivity index (χ0n) is 17.5. The Morgan fingerprint density at radius 1 is 1.28 bits per heavy atom. The van der Waals surface area contributed by atoms with Crippen molar-refractivity contribution in [2.24, 2.45) is 0 Å². The zero-order valence-corrected chi connectivity index (χ0v) is 17.5. The van der Waals surface area contributed by atoms with Crippen LogP contribution in [0.3, 0.4) is 0 Å². The number of hydrogen-bond acceptors (Lipinski definition) is 7. The number of aliphatic hydroxyl groups excluding tert-OH is 2. The van der Waals surface area contributed by atoms with Crippen LogP contribution < -0.4 is 10.6 Å². The van der Waals surface area contributed by atoms with E-state index in [-0.39, 0.29) is 13.2 Å². The number of aryl methyl sites for hydroxylation is 1. The minimum atomic E-state index is -0.733. The molecule has 10 nitrogen and oxygen atoms in total. The van der Waals surface area contributed by atoms with Crippen LogP contribution in [0.15, 0.2) is 42.7 Å². The molecular weight excluding hydrogens is 410 g/mol. The molecule has 32 heavy (non-hydrogen) atoms. The first kappa shape index (κ1) is 20.2. The lowest BCUT2D eigenvalue weighted by Gasteiger charge is -2.13. The SMILES string of the molecule is Cc1cccc(-n2nc3c(c2-c2ccn4ncc(C(=O)NC(CO)CO)c4c2)CCN3)n1. The van der Waals surface area contributed by atoms with Gasteiger partial charge in [0.25, 0.3) is 5.91 Å². The lowest BCUT2D eigenvalue weighted by atomic mass is 10.1. The fraction of sp³-hybridized carbons (Fsp3) is 0.273. The van der Waals surface area contributed by atoms with E-state index in [4.69, 9.17) is 5.10 Å². The predicted octanol–water partition coefficient (Wildman–Crippen LogP) is 0.941. The second kappa shape index (κ2) is 8.06. The van der Waals surface area contributed by atoms with Crippen LogP contribution in [0.5, 0.6) is 0 Å². The summed E-state index contributed by atoms with van der Waals surface area (Å²) in [6, 6.07) is 8.91. The van der Waals surface area contributed by atoms with E-state index >= 15 is 0 Å². The second-order valence-electron chi connectivity index (χ2n) is 7.74. The van der Waals surface area contributed by atoms with Gasteiger partial charge in [0.05, 0.1) is 42.2 Å². The van der Waals surface area contributed by atoms with Crippen molar-refractivity contribution in [1.82, 2.24) is 29.7 Å². The molecule has 0 fully saturated rings. The maximum atomic E-state index is 12.7. The summed E-state index contributed by atoms with van der Waals surface area (Å²) < 4.78 is 3.45. The molecule has 0 unspecified atom stereocenters. The minimum absolute atomic E-state index is 0.353. The number of carbonyl (C=O) groups is 1. The average molecular weight is 433 g/mol. The number of nitrogens with one attached hydrogen (secondary N) is 2. The Balaban J connectivity index is 1.62. The zero-order chi connectivity index (χ0) is 22.2. The number of aromatic nitrogens is 5. The lowest BCUT2D eigenvalue weighted by molar-refractivity contribution is 0.0881. The molecule has 0 bridgehead atoms. The van der Waals surface area contributed by atoms with Crippen LogP contribution in [-0.2, 0) is 6.42 Å². The molecule has 5 rings (SSSR count). The second-order valence-corrected chi connectivity index (χ2v) is 7.74. The summed E-state index contributed by atoms with van der Waals surface area (Å²) in [7, 11) is 0. The summed E-state index contributed by atoms with van der Waals surface area (Å²) in [5.74, 6) is 1.14. The van der Waals surface area contributed by atoms with Crippen molar-refractivity contribution in [3.63, 3.8) is 0 Å². The molecule has 0 aromatic carbocycles. The summed E-state index contributed by atoms with van der Waals surface area (Å²) >= 11 is 0. The molecular formula is C22H23N7O3. The first-order chi connectivity index (χ1) is 15.6. The van der Waals surface area contributed by atoms with Gasteiger partial charge in [-0.1, -0.05) is 6.07 Å². The summed E-state index contributed by atoms with van der Waals surface area (Å²) in [6.07, 6.45) is 4.11. The van der Waals surface area contributed by atoms with E-state index in [0.717, 1.165) is 47.1 Å². The van der Waals surface area contributed by atoms with Crippen LogP contribution in [0.4, 0.5) is 5.82 Å². The highest BCUT2D eigenvalue weighted by molar-refractivity contribution is 6.01. The van der Waals surface area contributed by atoms with Gasteiger partial charge in [-0.25, -0.2) is 14.2 Å². The summed E-state index contributed by atoms with van der Waals surface area (Å²) in [5.41, 5.74) is 4.76. The van der Waals surface area contributed by atoms with E-state index in [9.17, 15) is 15.0 Å². The van der Waals surface area contributed by atoms with Crippen molar-refractivity contribution in [2.45, 2.75) is 19.4 Å². The van der Waals surface area contributed by atoms with Gasteiger partial charge in [0.15, 0.2) is 11.6 Å². The molecule has 1 aliphatic heterocycles. The Hall–Kier alpha value is -3.76. The monoisotopic (exact) mass is 433 g/mol. The highest BCUT2D eigenvalue weighted by atomic mass is 16.3. The van der Waals surface area contributed by atoms with Gasteiger partial charge in [0, 0.05) is 29.6 Å². The quantitative estimate of drug-likeness (QED) is 0.356. The molecule has 0 aliphatic carbocycles. The molecule has 164 valence electrons. The number of carbonyl (C=O) groups excluding carboxylic acids is 1. The summed E-state index contributed by atoms with van der Waals surface area (Å²) in [4.78, 5) is 17.4. The maximum Gasteiger partial charge on any atom is 0.255 e. The number of hydrogen-bond donors (Lipinski definition) is 4. The maximum absolute atomic E-state index is 12.7. The Morgan fingerprint density at radius 2 is 2.12 bits per heavy atom. The molecule has 0 saturated carbocycles. The van der Waals surface area contributed by atoms with Crippen molar-refractivity contribution >= 4 is 17.2 Å². The largest absolute Gasteiger partial charge is 0.394 e. The van der Waals surface area contributed by atoms with E-state index in [0.29, 0.717) is 11.1 Å². The van der Waals surface area contributed by atoms with Crippen LogP contribution in [-0.4, -0.2) is 66.3 Å². The number of nitrogens with zero attached hydrogens (tertiary/aromatic N) is 5. The van der Waals surface area contributed by atoms with Gasteiger partial charge in [0.1, 0.15) is 0 Å². The number of amides is 1. The molecule has 1 amide bonds. The Kier molecular flexibility index (Phi) is 5.08. The first-order valence-electron chi connectivity index (χ1n) is 10.4. The van der Waals surface area contributed by atoms with Gasteiger partial charge in [-0.2, -0.15) is 5.10 Å². The van der Waals surface area contributed by atoms with E-state index < -0.39 is 11.9 Å². The molecule has 4 aromatic rings. The van der Waals surface area contributed by atoms with Crippen LogP contribution >= 0.6 is 0 Å². The van der Waals surface area contributed by atoms with Gasteiger partial charge in [-0.15, -0.1) is 5.10 Å². The molecule has 0 radical (unpaired) electrons. The number of aliphatic hydroxyl groups is 2. The number of pyridine rings is 2. The van der Waals surface area contributed by atoms with E-state index in [2.05, 4.69) is 20.7 Å². The molecule has 0 spiro atoms. The Labute approximate surface area is 183 Å². The first-order valence-corrected chi connectivity index (χ1v) is 10.4. The molecule has 1 aliphatic rings. The number of anilines is 1. The predicted molar refractivity (Wildman–Crippen MR) is 118 cm³/mol. The van der Waals surface area contributed by atoms with Crippen LogP contribution in [0, 0.1) is 6.92 Å². The van der Waals surface area contributed by atoms with Crippen molar-refractivity contribution in [2.75, 3.05) is 25.1 Å². The van der Waals surface area contributed by atoms with Gasteiger partial charge >= 0.3 is 0 Å².